The average molecular weight is 317 g/mol. The van der Waals surface area contributed by atoms with Crippen LogP contribution in [0.2, 0.25) is 0 Å². The molecule has 0 amide bonds. The highest BCUT2D eigenvalue weighted by atomic mass is 19.1. The molecule has 0 radical (unpaired) electrons. The molecular formula is C14H8FN3O5. The smallest absolute Gasteiger partial charge is 0.379 e. The summed E-state index contributed by atoms with van der Waals surface area (Å²) in [7, 11) is 0. The van der Waals surface area contributed by atoms with E-state index in [2.05, 4.69) is 0 Å². The molecule has 0 fully saturated rings. The Morgan fingerprint density at radius 2 is 2.13 bits per heavy atom. The maximum atomic E-state index is 13.8. The van der Waals surface area contributed by atoms with E-state index < -0.39 is 28.1 Å². The Bertz CT molecular complexity index is 873. The lowest BCUT2D eigenvalue weighted by Gasteiger charge is -2.04. The van der Waals surface area contributed by atoms with E-state index >= 15 is 0 Å². The van der Waals surface area contributed by atoms with Crippen LogP contribution in [0.1, 0.15) is 11.1 Å². The summed E-state index contributed by atoms with van der Waals surface area (Å²) in [6.45, 7) is 0. The molecule has 1 aromatic heterocycles. The zero-order chi connectivity index (χ0) is 17.1. The van der Waals surface area contributed by atoms with Crippen LogP contribution in [0, 0.1) is 32.6 Å². The van der Waals surface area contributed by atoms with Gasteiger partial charge in [-0.1, -0.05) is 0 Å². The first kappa shape index (κ1) is 15.7. The number of hydrogen-bond donors (Lipinski definition) is 2. The van der Waals surface area contributed by atoms with E-state index in [0.717, 1.165) is 24.4 Å². The van der Waals surface area contributed by atoms with Gasteiger partial charge in [-0.25, -0.2) is 0 Å². The highest BCUT2D eigenvalue weighted by Gasteiger charge is 2.20. The summed E-state index contributed by atoms with van der Waals surface area (Å²) in [4.78, 5) is 9.87. The fraction of sp³-hybridized carbons (Fsp3) is 0. The largest absolute Gasteiger partial charge is 0.617 e. The second-order valence-corrected chi connectivity index (χ2v) is 4.37. The molecule has 2 aromatic rings. The summed E-state index contributed by atoms with van der Waals surface area (Å²) in [5, 5.41) is 50.0. The molecule has 0 aliphatic carbocycles. The molecule has 2 rings (SSSR count). The van der Waals surface area contributed by atoms with E-state index in [9.17, 15) is 29.9 Å². The summed E-state index contributed by atoms with van der Waals surface area (Å²) in [6, 6.07) is 5.96. The number of aromatic nitrogens is 1. The molecule has 0 unspecified atom stereocenters. The first-order chi connectivity index (χ1) is 10.8. The number of rotatable bonds is 3. The van der Waals surface area contributed by atoms with E-state index in [-0.39, 0.29) is 21.4 Å². The van der Waals surface area contributed by atoms with Gasteiger partial charge >= 0.3 is 11.6 Å². The number of halogens is 1. The normalized spacial score (nSPS) is 11.0. The van der Waals surface area contributed by atoms with Crippen molar-refractivity contribution in [2.45, 2.75) is 0 Å². The minimum absolute atomic E-state index is 0.0238. The van der Waals surface area contributed by atoms with Gasteiger partial charge in [0.25, 0.3) is 0 Å². The lowest BCUT2D eigenvalue weighted by Crippen LogP contribution is -2.31. The quantitative estimate of drug-likeness (QED) is 0.169. The number of nitriles is 1. The van der Waals surface area contributed by atoms with Crippen LogP contribution in [-0.2, 0) is 0 Å². The van der Waals surface area contributed by atoms with Gasteiger partial charge in [0.2, 0.25) is 5.75 Å². The van der Waals surface area contributed by atoms with Crippen LogP contribution in [0.5, 0.6) is 11.5 Å². The molecule has 0 saturated carbocycles. The second kappa shape index (κ2) is 5.98. The first-order valence-corrected chi connectivity index (χ1v) is 6.05. The molecule has 2 N–H and O–H groups in total. The van der Waals surface area contributed by atoms with E-state index in [1.54, 1.807) is 6.07 Å². The SMILES string of the molecule is N#C/C(=C\c1cc(O)c(O)c([N+](=O)[O-])c1)c1ccc[n+]([O-])c1F. The highest BCUT2D eigenvalue weighted by Crippen LogP contribution is 2.37. The number of phenolic OH excluding ortho intramolecular Hbond substituents is 2. The van der Waals surface area contributed by atoms with Crippen LogP contribution in [0.15, 0.2) is 30.5 Å². The molecule has 0 saturated heterocycles. The molecule has 9 heteroatoms. The molecule has 23 heavy (non-hydrogen) atoms. The third-order valence-electron chi connectivity index (χ3n) is 2.91. The van der Waals surface area contributed by atoms with Gasteiger partial charge in [0.1, 0.15) is 6.07 Å². The van der Waals surface area contributed by atoms with Gasteiger partial charge in [0, 0.05) is 12.1 Å². The van der Waals surface area contributed by atoms with E-state index in [0.29, 0.717) is 0 Å². The van der Waals surface area contributed by atoms with Crippen molar-refractivity contribution < 1.29 is 24.3 Å². The molecule has 8 nitrogen and oxygen atoms in total. The number of pyridine rings is 1. The number of nitro groups is 1. The predicted molar refractivity (Wildman–Crippen MR) is 75.3 cm³/mol. The molecule has 0 atom stereocenters. The Hall–Kier alpha value is -3.67. The van der Waals surface area contributed by atoms with Crippen molar-refractivity contribution >= 4 is 17.3 Å². The Labute approximate surface area is 128 Å². The van der Waals surface area contributed by atoms with Gasteiger partial charge in [-0.05, 0) is 23.8 Å². The molecule has 0 spiro atoms. The fourth-order valence-corrected chi connectivity index (χ4v) is 1.86. The third-order valence-corrected chi connectivity index (χ3v) is 2.91. The minimum atomic E-state index is -1.21. The molecule has 1 heterocycles. The van der Waals surface area contributed by atoms with Crippen LogP contribution in [0.3, 0.4) is 0 Å². The maximum absolute atomic E-state index is 13.8. The van der Waals surface area contributed by atoms with Gasteiger partial charge < -0.3 is 15.4 Å². The Balaban J connectivity index is 2.62. The number of nitro benzene ring substituents is 1. The minimum Gasteiger partial charge on any atom is -0.617 e. The van der Waals surface area contributed by atoms with Crippen LogP contribution in [-0.4, -0.2) is 15.1 Å². The second-order valence-electron chi connectivity index (χ2n) is 4.37. The van der Waals surface area contributed by atoms with Crippen molar-refractivity contribution in [1.29, 1.82) is 5.26 Å². The van der Waals surface area contributed by atoms with Crippen molar-refractivity contribution in [3.63, 3.8) is 0 Å². The van der Waals surface area contributed by atoms with Gasteiger partial charge in [-0.2, -0.15) is 5.26 Å². The number of phenols is 2. The lowest BCUT2D eigenvalue weighted by molar-refractivity contribution is -0.637. The molecule has 116 valence electrons. The van der Waals surface area contributed by atoms with Crippen LogP contribution in [0.4, 0.5) is 10.1 Å². The lowest BCUT2D eigenvalue weighted by atomic mass is 10.0. The van der Waals surface area contributed by atoms with Crippen LogP contribution in [0.25, 0.3) is 11.6 Å². The topological polar surface area (TPSA) is 134 Å². The van der Waals surface area contributed by atoms with Crippen molar-refractivity contribution in [3.8, 4) is 17.6 Å². The summed E-state index contributed by atoms with van der Waals surface area (Å²) in [6.07, 6.45) is 1.95. The summed E-state index contributed by atoms with van der Waals surface area (Å²) < 4.78 is 13.7. The summed E-state index contributed by atoms with van der Waals surface area (Å²) in [5.74, 6) is -2.90. The number of benzene rings is 1. The van der Waals surface area contributed by atoms with Gasteiger partial charge in [0.05, 0.1) is 16.1 Å². The molecule has 0 bridgehead atoms. The van der Waals surface area contributed by atoms with Crippen LogP contribution < -0.4 is 4.73 Å². The monoisotopic (exact) mass is 317 g/mol. The summed E-state index contributed by atoms with van der Waals surface area (Å²) >= 11 is 0. The zero-order valence-corrected chi connectivity index (χ0v) is 11.3. The molecule has 1 aromatic carbocycles. The zero-order valence-electron chi connectivity index (χ0n) is 11.3. The van der Waals surface area contributed by atoms with E-state index in [4.69, 9.17) is 5.26 Å². The van der Waals surface area contributed by atoms with Crippen molar-refractivity contribution in [1.82, 2.24) is 0 Å². The van der Waals surface area contributed by atoms with Crippen LogP contribution >= 0.6 is 0 Å². The molecular weight excluding hydrogens is 309 g/mol. The number of aromatic hydroxyl groups is 2. The fourth-order valence-electron chi connectivity index (χ4n) is 1.86. The standard InChI is InChI=1S/C14H8FN3O5/c15-14-10(2-1-3-17(14)21)9(7-16)4-8-5-11(18(22)23)13(20)12(19)6-8/h1-6,19-20H/b9-4+. The Morgan fingerprint density at radius 3 is 2.74 bits per heavy atom. The Kier molecular flexibility index (Phi) is 4.09. The van der Waals surface area contributed by atoms with Crippen molar-refractivity contribution in [2.75, 3.05) is 0 Å². The van der Waals surface area contributed by atoms with E-state index in [1.165, 1.54) is 12.1 Å². The number of hydrogen-bond acceptors (Lipinski definition) is 6. The van der Waals surface area contributed by atoms with Gasteiger partial charge in [-0.15, -0.1) is 9.12 Å². The molecule has 0 aliphatic rings. The average Bonchev–Trinajstić information content (AvgIpc) is 2.51. The predicted octanol–water partition coefficient (Wildman–Crippen LogP) is 1.84. The number of allylic oxidation sites excluding steroid dienone is 1. The van der Waals surface area contributed by atoms with Gasteiger partial charge in [-0.3, -0.25) is 10.1 Å². The van der Waals surface area contributed by atoms with Crippen molar-refractivity contribution in [3.05, 3.63) is 62.9 Å². The third kappa shape index (κ3) is 3.01. The first-order valence-electron chi connectivity index (χ1n) is 6.05. The maximum Gasteiger partial charge on any atom is 0.379 e. The highest BCUT2D eigenvalue weighted by molar-refractivity contribution is 5.90. The van der Waals surface area contributed by atoms with E-state index in [1.807, 2.05) is 0 Å². The Morgan fingerprint density at radius 1 is 1.43 bits per heavy atom. The summed E-state index contributed by atoms with van der Waals surface area (Å²) in [5.41, 5.74) is -1.39. The molecule has 0 aliphatic heterocycles. The number of nitrogens with zero attached hydrogens (tertiary/aromatic N) is 3. The van der Waals surface area contributed by atoms with Crippen molar-refractivity contribution in [2.24, 2.45) is 0 Å². The van der Waals surface area contributed by atoms with Gasteiger partial charge in [0.15, 0.2) is 11.9 Å².